The van der Waals surface area contributed by atoms with Gasteiger partial charge in [-0.2, -0.15) is 0 Å². The fourth-order valence-electron chi connectivity index (χ4n) is 2.92. The molecule has 0 spiro atoms. The maximum atomic E-state index is 12.8. The summed E-state index contributed by atoms with van der Waals surface area (Å²) in [6.07, 6.45) is 1.12. The lowest BCUT2D eigenvalue weighted by atomic mass is 10.1. The fraction of sp³-hybridized carbons (Fsp3) is 0.391. The van der Waals surface area contributed by atoms with Gasteiger partial charge in [0, 0.05) is 24.3 Å². The second kappa shape index (κ2) is 11.1. The minimum atomic E-state index is -0.695. The number of ether oxygens (including phenoxy) is 2. The summed E-state index contributed by atoms with van der Waals surface area (Å²) in [7, 11) is 1.59. The van der Waals surface area contributed by atoms with Gasteiger partial charge in [-0.15, -0.1) is 0 Å². The Morgan fingerprint density at radius 3 is 2.21 bits per heavy atom. The average Bonchev–Trinajstić information content (AvgIpc) is 2.73. The lowest BCUT2D eigenvalue weighted by Gasteiger charge is -2.22. The Labute approximate surface area is 172 Å². The first-order valence-corrected chi connectivity index (χ1v) is 9.99. The van der Waals surface area contributed by atoms with E-state index in [0.29, 0.717) is 17.0 Å². The van der Waals surface area contributed by atoms with Gasteiger partial charge in [0.05, 0.1) is 7.11 Å². The zero-order chi connectivity index (χ0) is 21.2. The molecule has 0 heterocycles. The lowest BCUT2D eigenvalue weighted by molar-refractivity contribution is -0.122. The number of rotatable bonds is 10. The Balaban J connectivity index is 2.02. The minimum Gasteiger partial charge on any atom is -0.497 e. The molecule has 2 rings (SSSR count). The van der Waals surface area contributed by atoms with Crippen molar-refractivity contribution in [2.45, 2.75) is 39.7 Å². The van der Waals surface area contributed by atoms with Crippen LogP contribution in [0.5, 0.6) is 11.5 Å². The number of anilines is 1. The van der Waals surface area contributed by atoms with E-state index in [0.717, 1.165) is 31.7 Å². The highest BCUT2D eigenvalue weighted by molar-refractivity contribution is 5.98. The van der Waals surface area contributed by atoms with Crippen LogP contribution in [0.25, 0.3) is 0 Å². The fourth-order valence-corrected chi connectivity index (χ4v) is 2.92. The molecule has 0 saturated carbocycles. The second-order valence-electron chi connectivity index (χ2n) is 6.80. The first-order valence-electron chi connectivity index (χ1n) is 9.99. The van der Waals surface area contributed by atoms with Crippen LogP contribution in [0.4, 0.5) is 5.69 Å². The highest BCUT2D eigenvalue weighted by Crippen LogP contribution is 2.19. The van der Waals surface area contributed by atoms with Gasteiger partial charge in [-0.05, 0) is 62.2 Å². The maximum absolute atomic E-state index is 12.8. The van der Waals surface area contributed by atoms with Gasteiger partial charge in [0.15, 0.2) is 6.10 Å². The topological polar surface area (TPSA) is 67.9 Å². The van der Waals surface area contributed by atoms with E-state index < -0.39 is 6.10 Å². The number of nitrogens with zero attached hydrogens (tertiary/aromatic N) is 1. The van der Waals surface area contributed by atoms with Crippen LogP contribution in [-0.2, 0) is 4.79 Å². The van der Waals surface area contributed by atoms with Crippen molar-refractivity contribution in [2.24, 2.45) is 0 Å². The van der Waals surface area contributed by atoms with Gasteiger partial charge >= 0.3 is 0 Å². The van der Waals surface area contributed by atoms with Crippen LogP contribution < -0.4 is 14.8 Å². The zero-order valence-electron chi connectivity index (χ0n) is 17.6. The Morgan fingerprint density at radius 2 is 1.62 bits per heavy atom. The largest absolute Gasteiger partial charge is 0.497 e. The van der Waals surface area contributed by atoms with Gasteiger partial charge in [0.1, 0.15) is 11.5 Å². The monoisotopic (exact) mass is 398 g/mol. The molecular weight excluding hydrogens is 368 g/mol. The van der Waals surface area contributed by atoms with Crippen LogP contribution in [-0.4, -0.2) is 43.0 Å². The molecule has 0 fully saturated rings. The summed E-state index contributed by atoms with van der Waals surface area (Å²) in [5.41, 5.74) is 1.13. The van der Waals surface area contributed by atoms with Gasteiger partial charge in [-0.25, -0.2) is 0 Å². The van der Waals surface area contributed by atoms with E-state index in [1.807, 2.05) is 4.90 Å². The predicted molar refractivity (Wildman–Crippen MR) is 115 cm³/mol. The van der Waals surface area contributed by atoms with Gasteiger partial charge in [-0.3, -0.25) is 9.59 Å². The normalized spacial score (nSPS) is 11.4. The highest BCUT2D eigenvalue weighted by Gasteiger charge is 2.17. The van der Waals surface area contributed by atoms with Crippen molar-refractivity contribution in [3.8, 4) is 11.5 Å². The van der Waals surface area contributed by atoms with E-state index in [2.05, 4.69) is 19.2 Å². The molecule has 1 atom stereocenters. The molecular formula is C23H30N2O4. The average molecular weight is 399 g/mol. The summed E-state index contributed by atoms with van der Waals surface area (Å²) < 4.78 is 10.8. The molecule has 156 valence electrons. The van der Waals surface area contributed by atoms with E-state index in [9.17, 15) is 9.59 Å². The molecule has 0 bridgehead atoms. The molecule has 0 aliphatic carbocycles. The molecule has 6 heteroatoms. The highest BCUT2D eigenvalue weighted by atomic mass is 16.5. The number of benzene rings is 2. The van der Waals surface area contributed by atoms with E-state index in [-0.39, 0.29) is 11.8 Å². The van der Waals surface area contributed by atoms with E-state index in [1.54, 1.807) is 62.6 Å². The Kier molecular flexibility index (Phi) is 8.52. The number of hydrogen-bond acceptors (Lipinski definition) is 4. The van der Waals surface area contributed by atoms with E-state index in [4.69, 9.17) is 9.47 Å². The van der Waals surface area contributed by atoms with Crippen LogP contribution in [0.15, 0.2) is 48.5 Å². The molecule has 2 aromatic carbocycles. The maximum Gasteiger partial charge on any atom is 0.265 e. The van der Waals surface area contributed by atoms with Crippen molar-refractivity contribution >= 4 is 17.5 Å². The molecule has 0 aromatic heterocycles. The first-order chi connectivity index (χ1) is 14.0. The van der Waals surface area contributed by atoms with Gasteiger partial charge < -0.3 is 19.7 Å². The summed E-state index contributed by atoms with van der Waals surface area (Å²) in [6, 6.07) is 14.1. The third kappa shape index (κ3) is 6.52. The van der Waals surface area contributed by atoms with Crippen molar-refractivity contribution in [1.82, 2.24) is 4.90 Å². The molecule has 1 unspecified atom stereocenters. The SMILES string of the molecule is CCCN(CCC)C(=O)c1cccc(NC(=O)C(C)Oc2ccc(OC)cc2)c1. The Hall–Kier alpha value is -3.02. The van der Waals surface area contributed by atoms with E-state index >= 15 is 0 Å². The summed E-state index contributed by atoms with van der Waals surface area (Å²) >= 11 is 0. The predicted octanol–water partition coefficient (Wildman–Crippen LogP) is 4.36. The number of methoxy groups -OCH3 is 1. The van der Waals surface area contributed by atoms with Crippen LogP contribution >= 0.6 is 0 Å². The van der Waals surface area contributed by atoms with Crippen molar-refractivity contribution in [2.75, 3.05) is 25.5 Å². The summed E-state index contributed by atoms with van der Waals surface area (Å²) in [4.78, 5) is 27.1. The molecule has 29 heavy (non-hydrogen) atoms. The third-order valence-electron chi connectivity index (χ3n) is 4.39. The van der Waals surface area contributed by atoms with Crippen LogP contribution in [0.3, 0.4) is 0 Å². The molecule has 0 saturated heterocycles. The van der Waals surface area contributed by atoms with Crippen molar-refractivity contribution in [1.29, 1.82) is 0 Å². The van der Waals surface area contributed by atoms with Crippen LogP contribution in [0, 0.1) is 0 Å². The Bertz CT molecular complexity index is 799. The quantitative estimate of drug-likeness (QED) is 0.646. The number of amides is 2. The van der Waals surface area contributed by atoms with Crippen LogP contribution in [0.1, 0.15) is 44.0 Å². The number of nitrogens with one attached hydrogen (secondary N) is 1. The summed E-state index contributed by atoms with van der Waals surface area (Å²) in [5.74, 6) is 0.986. The number of hydrogen-bond donors (Lipinski definition) is 1. The lowest BCUT2D eigenvalue weighted by Crippen LogP contribution is -2.33. The zero-order valence-corrected chi connectivity index (χ0v) is 17.6. The van der Waals surface area contributed by atoms with Gasteiger partial charge in [0.2, 0.25) is 0 Å². The standard InChI is InChI=1S/C23H30N2O4/c1-5-14-25(15-6-2)23(27)18-8-7-9-19(16-18)24-22(26)17(3)29-21-12-10-20(28-4)11-13-21/h7-13,16-17H,5-6,14-15H2,1-4H3,(H,24,26). The van der Waals surface area contributed by atoms with Crippen LogP contribution in [0.2, 0.25) is 0 Å². The van der Waals surface area contributed by atoms with Crippen molar-refractivity contribution in [3.63, 3.8) is 0 Å². The number of carbonyl (C=O) groups is 2. The molecule has 0 aliphatic rings. The molecule has 2 aromatic rings. The molecule has 0 aliphatic heterocycles. The molecule has 0 radical (unpaired) electrons. The summed E-state index contributed by atoms with van der Waals surface area (Å²) in [5, 5.41) is 2.82. The second-order valence-corrected chi connectivity index (χ2v) is 6.80. The van der Waals surface area contributed by atoms with Gasteiger partial charge in [-0.1, -0.05) is 19.9 Å². The molecule has 1 N–H and O–H groups in total. The molecule has 6 nitrogen and oxygen atoms in total. The smallest absolute Gasteiger partial charge is 0.265 e. The van der Waals surface area contributed by atoms with Crippen molar-refractivity contribution < 1.29 is 19.1 Å². The first kappa shape index (κ1) is 22.3. The van der Waals surface area contributed by atoms with Crippen molar-refractivity contribution in [3.05, 3.63) is 54.1 Å². The third-order valence-corrected chi connectivity index (χ3v) is 4.39. The Morgan fingerprint density at radius 1 is 1.00 bits per heavy atom. The van der Waals surface area contributed by atoms with E-state index in [1.165, 1.54) is 0 Å². The molecule has 2 amide bonds. The van der Waals surface area contributed by atoms with Gasteiger partial charge in [0.25, 0.3) is 11.8 Å². The minimum absolute atomic E-state index is 0.0210. The number of carbonyl (C=O) groups excluding carboxylic acids is 2. The summed E-state index contributed by atoms with van der Waals surface area (Å²) in [6.45, 7) is 7.22.